The lowest BCUT2D eigenvalue weighted by Crippen LogP contribution is -2.07. The van der Waals surface area contributed by atoms with Gasteiger partial charge in [0.1, 0.15) is 23.2 Å². The second-order valence-corrected chi connectivity index (χ2v) is 11.0. The molecule has 8 aromatic heterocycles. The van der Waals surface area contributed by atoms with E-state index in [1.54, 1.807) is 91.4 Å². The van der Waals surface area contributed by atoms with Gasteiger partial charge in [0.2, 0.25) is 11.6 Å². The van der Waals surface area contributed by atoms with E-state index < -0.39 is 24.0 Å². The molecule has 0 aromatic carbocycles. The van der Waals surface area contributed by atoms with Gasteiger partial charge in [-0.25, -0.2) is 24.9 Å². The monoisotopic (exact) mass is 763 g/mol. The average molecular weight is 764 g/mol. The molecule has 0 spiro atoms. The molecule has 0 aliphatic rings. The van der Waals surface area contributed by atoms with Crippen LogP contribution < -0.4 is 0 Å². The summed E-state index contributed by atoms with van der Waals surface area (Å²) in [7, 11) is 0. The molecule has 8 rings (SSSR count). The Morgan fingerprint density at radius 1 is 0.411 bits per heavy atom. The quantitative estimate of drug-likeness (QED) is 0.162. The minimum atomic E-state index is -4.57. The van der Waals surface area contributed by atoms with Crippen LogP contribution >= 0.6 is 0 Å². The molecule has 8 aromatic rings. The Kier molecular flexibility index (Phi) is 11.5. The molecule has 0 saturated heterocycles. The van der Waals surface area contributed by atoms with Crippen molar-refractivity contribution in [3.05, 3.63) is 145 Å². The smallest absolute Gasteiger partial charge is 0.255 e. The highest BCUT2D eigenvalue weighted by Gasteiger charge is 2.36. The van der Waals surface area contributed by atoms with Crippen LogP contribution in [0.1, 0.15) is 17.3 Å². The van der Waals surface area contributed by atoms with Crippen LogP contribution in [-0.2, 0) is 12.4 Å². The number of alkyl halides is 6. The Morgan fingerprint density at radius 2 is 0.768 bits per heavy atom. The van der Waals surface area contributed by atoms with E-state index in [9.17, 15) is 26.3 Å². The summed E-state index contributed by atoms with van der Waals surface area (Å²) in [4.78, 5) is 31.9. The standard InChI is InChI=1S/2C13H8F3N5.C11H7N3/c2*14-13(15,16)12-19-11(20-21-12)10-6-3-5-9(18-10)8-4-1-2-7-17-8;12-8-9-4-3-6-11(14-9)10-5-1-2-7-13-10/h2*1-7H,(H,19,20,21);1-7H. The largest absolute Gasteiger partial charge is 0.451 e. The lowest BCUT2D eigenvalue weighted by Gasteiger charge is -2.01. The number of pyridine rings is 6. The Bertz CT molecular complexity index is 2400. The molecule has 0 aliphatic carbocycles. The average Bonchev–Trinajstić information content (AvgIpc) is 3.95. The number of aromatic amines is 2. The number of rotatable bonds is 5. The van der Waals surface area contributed by atoms with Crippen LogP contribution in [0, 0.1) is 11.3 Å². The first-order chi connectivity index (χ1) is 27.0. The first-order valence-corrected chi connectivity index (χ1v) is 16.0. The zero-order valence-electron chi connectivity index (χ0n) is 28.3. The number of nitrogens with one attached hydrogen (secondary N) is 2. The van der Waals surface area contributed by atoms with Gasteiger partial charge < -0.3 is 0 Å². The van der Waals surface area contributed by atoms with E-state index >= 15 is 0 Å². The Morgan fingerprint density at radius 3 is 1.11 bits per heavy atom. The normalized spacial score (nSPS) is 11.0. The van der Waals surface area contributed by atoms with Crippen molar-refractivity contribution in [1.29, 1.82) is 5.26 Å². The third-order valence-electron chi connectivity index (χ3n) is 7.11. The molecule has 8 heterocycles. The van der Waals surface area contributed by atoms with Crippen LogP contribution in [0.15, 0.2) is 128 Å². The minimum absolute atomic E-state index is 0.111. The number of halogens is 6. The minimum Gasteiger partial charge on any atom is -0.255 e. The van der Waals surface area contributed by atoms with Crippen molar-refractivity contribution >= 4 is 0 Å². The molecule has 13 nitrogen and oxygen atoms in total. The lowest BCUT2D eigenvalue weighted by atomic mass is 10.2. The molecule has 0 aliphatic heterocycles. The lowest BCUT2D eigenvalue weighted by molar-refractivity contribution is -0.145. The van der Waals surface area contributed by atoms with E-state index in [0.29, 0.717) is 28.5 Å². The Balaban J connectivity index is 0.000000146. The number of aromatic nitrogens is 12. The molecule has 0 fully saturated rings. The van der Waals surface area contributed by atoms with Gasteiger partial charge >= 0.3 is 12.4 Å². The van der Waals surface area contributed by atoms with Crippen molar-refractivity contribution in [2.24, 2.45) is 0 Å². The molecule has 0 atom stereocenters. The molecule has 0 radical (unpaired) electrons. The topological polar surface area (TPSA) is 184 Å². The van der Waals surface area contributed by atoms with Crippen molar-refractivity contribution in [3.8, 4) is 63.3 Å². The molecule has 56 heavy (non-hydrogen) atoms. The maximum Gasteiger partial charge on any atom is 0.451 e. The molecule has 19 heteroatoms. The van der Waals surface area contributed by atoms with E-state index in [1.165, 1.54) is 12.1 Å². The molecule has 0 unspecified atom stereocenters. The van der Waals surface area contributed by atoms with Crippen LogP contribution in [0.2, 0.25) is 0 Å². The summed E-state index contributed by atoms with van der Waals surface area (Å²) in [5.74, 6) is -2.52. The molecule has 278 valence electrons. The predicted octanol–water partition coefficient (Wildman–Crippen LogP) is 7.91. The van der Waals surface area contributed by atoms with Crippen molar-refractivity contribution in [1.82, 2.24) is 60.3 Å². The summed E-state index contributed by atoms with van der Waals surface area (Å²) >= 11 is 0. The van der Waals surface area contributed by atoms with Gasteiger partial charge in [0, 0.05) is 18.6 Å². The fraction of sp³-hybridized carbons (Fsp3) is 0.0541. The number of hydrogen-bond donors (Lipinski definition) is 2. The summed E-state index contributed by atoms with van der Waals surface area (Å²) in [5.41, 5.74) is 4.70. The van der Waals surface area contributed by atoms with Crippen LogP contribution in [0.5, 0.6) is 0 Å². The third-order valence-corrected chi connectivity index (χ3v) is 7.11. The third kappa shape index (κ3) is 9.81. The number of hydrogen-bond acceptors (Lipinski definition) is 11. The van der Waals surface area contributed by atoms with E-state index in [2.05, 4.69) is 50.1 Å². The first kappa shape index (κ1) is 38.0. The van der Waals surface area contributed by atoms with Gasteiger partial charge in [-0.3, -0.25) is 25.1 Å². The Labute approximate surface area is 312 Å². The Hall–Kier alpha value is -7.75. The van der Waals surface area contributed by atoms with E-state index in [4.69, 9.17) is 5.26 Å². The first-order valence-electron chi connectivity index (χ1n) is 16.0. The van der Waals surface area contributed by atoms with E-state index in [1.807, 2.05) is 40.5 Å². The summed E-state index contributed by atoms with van der Waals surface area (Å²) in [6.45, 7) is 0. The highest BCUT2D eigenvalue weighted by Crippen LogP contribution is 2.29. The van der Waals surface area contributed by atoms with Gasteiger partial charge in [-0.15, -0.1) is 0 Å². The number of H-pyrrole nitrogens is 2. The van der Waals surface area contributed by atoms with Gasteiger partial charge in [-0.05, 0) is 72.8 Å². The van der Waals surface area contributed by atoms with Gasteiger partial charge in [0.25, 0.3) is 0 Å². The summed E-state index contributed by atoms with van der Waals surface area (Å²) in [5, 5.41) is 19.5. The summed E-state index contributed by atoms with van der Waals surface area (Å²) in [6.07, 6.45) is -4.21. The van der Waals surface area contributed by atoms with Gasteiger partial charge in [-0.2, -0.15) is 41.8 Å². The number of nitriles is 1. The molecule has 0 amide bonds. The van der Waals surface area contributed by atoms with Crippen molar-refractivity contribution < 1.29 is 26.3 Å². The van der Waals surface area contributed by atoms with Crippen molar-refractivity contribution in [2.75, 3.05) is 0 Å². The second-order valence-electron chi connectivity index (χ2n) is 11.0. The molecule has 2 N–H and O–H groups in total. The maximum absolute atomic E-state index is 12.5. The van der Waals surface area contributed by atoms with Crippen molar-refractivity contribution in [2.45, 2.75) is 12.4 Å². The second kappa shape index (κ2) is 16.9. The highest BCUT2D eigenvalue weighted by atomic mass is 19.4. The number of nitrogens with zero attached hydrogens (tertiary/aromatic N) is 11. The van der Waals surface area contributed by atoms with E-state index in [-0.39, 0.29) is 23.0 Å². The molecule has 0 saturated carbocycles. The van der Waals surface area contributed by atoms with Crippen LogP contribution in [-0.4, -0.2) is 60.3 Å². The molecule has 0 bridgehead atoms. The van der Waals surface area contributed by atoms with Crippen LogP contribution in [0.4, 0.5) is 26.3 Å². The van der Waals surface area contributed by atoms with E-state index in [0.717, 1.165) is 11.4 Å². The fourth-order valence-electron chi connectivity index (χ4n) is 4.59. The van der Waals surface area contributed by atoms with Gasteiger partial charge in [-0.1, -0.05) is 36.4 Å². The van der Waals surface area contributed by atoms with Gasteiger partial charge in [0.05, 0.1) is 34.2 Å². The van der Waals surface area contributed by atoms with Crippen LogP contribution in [0.25, 0.3) is 57.2 Å². The van der Waals surface area contributed by atoms with Crippen LogP contribution in [0.3, 0.4) is 0 Å². The maximum atomic E-state index is 12.5. The van der Waals surface area contributed by atoms with Gasteiger partial charge in [0.15, 0.2) is 11.6 Å². The molecular weight excluding hydrogens is 740 g/mol. The predicted molar refractivity (Wildman–Crippen MR) is 188 cm³/mol. The summed E-state index contributed by atoms with van der Waals surface area (Å²) < 4.78 is 75.0. The zero-order valence-corrected chi connectivity index (χ0v) is 28.3. The molecular formula is C37H23F6N13. The SMILES string of the molecule is FC(F)(F)c1nc(-c2cccc(-c3ccccn3)n2)n[nH]1.FC(F)(F)c1nc(-c2cccc(-c3ccccn3)n2)n[nH]1.N#Cc1cccc(-c2ccccn2)n1. The van der Waals surface area contributed by atoms with Crippen molar-refractivity contribution in [3.63, 3.8) is 0 Å². The zero-order chi connectivity index (χ0) is 39.5. The summed E-state index contributed by atoms with van der Waals surface area (Å²) in [6, 6.07) is 33.4. The fourth-order valence-corrected chi connectivity index (χ4v) is 4.59. The highest BCUT2D eigenvalue weighted by molar-refractivity contribution is 5.60.